The van der Waals surface area contributed by atoms with E-state index < -0.39 is 0 Å². The number of hydrogen-bond acceptors (Lipinski definition) is 4. The smallest absolute Gasteiger partial charge is 0.136 e. The zero-order valence-corrected chi connectivity index (χ0v) is 12.8. The van der Waals surface area contributed by atoms with Crippen molar-refractivity contribution in [3.05, 3.63) is 40.8 Å². The molecule has 0 aliphatic carbocycles. The molecule has 0 saturated heterocycles. The number of hydrogen-bond donors (Lipinski definition) is 2. The molecule has 6 heteroatoms. The first-order chi connectivity index (χ1) is 9.51. The van der Waals surface area contributed by atoms with Crippen LogP contribution in [0.1, 0.15) is 29.4 Å². The lowest BCUT2D eigenvalue weighted by atomic mass is 10.2. The highest BCUT2D eigenvalue weighted by Gasteiger charge is 2.10. The van der Waals surface area contributed by atoms with Crippen LogP contribution in [0.2, 0.25) is 0 Å². The highest BCUT2D eigenvalue weighted by atomic mass is 32.1. The van der Waals surface area contributed by atoms with Crippen LogP contribution in [0.4, 0.5) is 5.82 Å². The molecule has 2 aromatic rings. The first-order valence-corrected chi connectivity index (χ1v) is 6.94. The van der Waals surface area contributed by atoms with Gasteiger partial charge in [0.2, 0.25) is 0 Å². The number of rotatable bonds is 5. The number of nitrogens with one attached hydrogen (secondary N) is 1. The van der Waals surface area contributed by atoms with Crippen molar-refractivity contribution in [3.63, 3.8) is 0 Å². The van der Waals surface area contributed by atoms with Crippen LogP contribution in [0, 0.1) is 6.92 Å². The number of aromatic nitrogens is 3. The second-order valence-corrected chi connectivity index (χ2v) is 5.13. The molecular weight excluding hydrogens is 270 g/mol. The van der Waals surface area contributed by atoms with Gasteiger partial charge in [0.25, 0.3) is 0 Å². The fourth-order valence-corrected chi connectivity index (χ4v) is 2.26. The second kappa shape index (κ2) is 6.00. The highest BCUT2D eigenvalue weighted by Crippen LogP contribution is 2.16. The highest BCUT2D eigenvalue weighted by molar-refractivity contribution is 7.80. The van der Waals surface area contributed by atoms with Crippen molar-refractivity contribution in [2.24, 2.45) is 12.8 Å². The van der Waals surface area contributed by atoms with E-state index in [1.54, 1.807) is 0 Å². The van der Waals surface area contributed by atoms with E-state index in [0.29, 0.717) is 11.5 Å². The van der Waals surface area contributed by atoms with Gasteiger partial charge in [0.1, 0.15) is 10.8 Å². The number of pyridine rings is 1. The van der Waals surface area contributed by atoms with Gasteiger partial charge in [0, 0.05) is 31.0 Å². The van der Waals surface area contributed by atoms with Crippen molar-refractivity contribution in [3.8, 4) is 0 Å². The molecule has 3 N–H and O–H groups in total. The number of thiocarbonyl (C=S) groups is 1. The van der Waals surface area contributed by atoms with Crippen molar-refractivity contribution in [1.29, 1.82) is 0 Å². The van der Waals surface area contributed by atoms with Gasteiger partial charge in [-0.2, -0.15) is 5.10 Å². The average molecular weight is 289 g/mol. The minimum Gasteiger partial charge on any atom is -0.389 e. The third kappa shape index (κ3) is 3.14. The Labute approximate surface area is 124 Å². The summed E-state index contributed by atoms with van der Waals surface area (Å²) < 4.78 is 1.83. The predicted molar refractivity (Wildman–Crippen MR) is 84.8 cm³/mol. The van der Waals surface area contributed by atoms with Crippen molar-refractivity contribution in [1.82, 2.24) is 14.8 Å². The molecule has 0 aliphatic heterocycles. The molecule has 0 bridgehead atoms. The Hall–Kier alpha value is -1.95. The summed E-state index contributed by atoms with van der Waals surface area (Å²) in [6.07, 6.45) is 2.92. The molecule has 2 heterocycles. The molecule has 0 unspecified atom stereocenters. The van der Waals surface area contributed by atoms with Gasteiger partial charge < -0.3 is 11.1 Å². The summed E-state index contributed by atoms with van der Waals surface area (Å²) in [5, 5.41) is 7.73. The monoisotopic (exact) mass is 289 g/mol. The van der Waals surface area contributed by atoms with Crippen LogP contribution in [0.25, 0.3) is 0 Å². The number of nitrogens with zero attached hydrogens (tertiary/aromatic N) is 3. The molecular formula is C14H19N5S. The van der Waals surface area contributed by atoms with E-state index in [1.807, 2.05) is 37.0 Å². The van der Waals surface area contributed by atoms with Crippen LogP contribution >= 0.6 is 12.2 Å². The maximum atomic E-state index is 5.73. The van der Waals surface area contributed by atoms with Gasteiger partial charge in [-0.15, -0.1) is 0 Å². The summed E-state index contributed by atoms with van der Waals surface area (Å²) >= 11 is 5.06. The molecule has 0 aromatic carbocycles. The average Bonchev–Trinajstić information content (AvgIpc) is 2.76. The van der Waals surface area contributed by atoms with Crippen molar-refractivity contribution in [2.45, 2.75) is 26.8 Å². The fourth-order valence-electron chi connectivity index (χ4n) is 2.10. The van der Waals surface area contributed by atoms with E-state index in [1.165, 1.54) is 0 Å². The Balaban J connectivity index is 2.22. The van der Waals surface area contributed by atoms with Crippen LogP contribution < -0.4 is 11.1 Å². The number of aryl methyl sites for hydroxylation is 3. The summed E-state index contributed by atoms with van der Waals surface area (Å²) in [6, 6.07) is 3.80. The number of anilines is 1. The molecule has 2 aromatic heterocycles. The van der Waals surface area contributed by atoms with Gasteiger partial charge in [0.05, 0.1) is 11.3 Å². The van der Waals surface area contributed by atoms with Crippen LogP contribution in [0.3, 0.4) is 0 Å². The normalized spacial score (nSPS) is 10.6. The molecule has 106 valence electrons. The fraction of sp³-hybridized carbons (Fsp3) is 0.357. The van der Waals surface area contributed by atoms with Crippen LogP contribution in [0.15, 0.2) is 18.3 Å². The van der Waals surface area contributed by atoms with Crippen LogP contribution in [-0.2, 0) is 20.0 Å². The molecule has 0 fully saturated rings. The SMILES string of the molecule is CCc1nn(C)cc1CNc1nc(C)ccc1C(N)=S. The molecule has 0 aliphatic rings. The third-order valence-electron chi connectivity index (χ3n) is 3.07. The van der Waals surface area contributed by atoms with E-state index >= 15 is 0 Å². The standard InChI is InChI=1S/C14H19N5S/c1-4-12-10(8-19(3)18-12)7-16-14-11(13(15)20)6-5-9(2)17-14/h5-6,8H,4,7H2,1-3H3,(H2,15,20)(H,16,17). The van der Waals surface area contributed by atoms with Crippen LogP contribution in [-0.4, -0.2) is 19.8 Å². The van der Waals surface area contributed by atoms with E-state index in [-0.39, 0.29) is 0 Å². The van der Waals surface area contributed by atoms with Gasteiger partial charge in [-0.25, -0.2) is 4.98 Å². The van der Waals surface area contributed by atoms with E-state index in [2.05, 4.69) is 22.3 Å². The van der Waals surface area contributed by atoms with E-state index in [0.717, 1.165) is 34.8 Å². The van der Waals surface area contributed by atoms with E-state index in [4.69, 9.17) is 18.0 Å². The Morgan fingerprint density at radius 1 is 1.45 bits per heavy atom. The van der Waals surface area contributed by atoms with Gasteiger partial charge >= 0.3 is 0 Å². The molecule has 0 spiro atoms. The quantitative estimate of drug-likeness (QED) is 0.823. The summed E-state index contributed by atoms with van der Waals surface area (Å²) in [7, 11) is 1.92. The minimum atomic E-state index is 0.349. The minimum absolute atomic E-state index is 0.349. The number of nitrogens with two attached hydrogens (primary N) is 1. The first-order valence-electron chi connectivity index (χ1n) is 6.54. The zero-order chi connectivity index (χ0) is 14.7. The second-order valence-electron chi connectivity index (χ2n) is 4.69. The van der Waals surface area contributed by atoms with Crippen LogP contribution in [0.5, 0.6) is 0 Å². The van der Waals surface area contributed by atoms with Gasteiger partial charge in [-0.3, -0.25) is 4.68 Å². The predicted octanol–water partition coefficient (Wildman–Crippen LogP) is 1.93. The lowest BCUT2D eigenvalue weighted by Crippen LogP contribution is -2.15. The van der Waals surface area contributed by atoms with E-state index in [9.17, 15) is 0 Å². The lowest BCUT2D eigenvalue weighted by molar-refractivity contribution is 0.746. The maximum absolute atomic E-state index is 5.73. The van der Waals surface area contributed by atoms with Crippen molar-refractivity contribution >= 4 is 23.0 Å². The Kier molecular flexibility index (Phi) is 4.34. The topological polar surface area (TPSA) is 68.8 Å². The summed E-state index contributed by atoms with van der Waals surface area (Å²) in [5.74, 6) is 0.725. The Morgan fingerprint density at radius 3 is 2.85 bits per heavy atom. The van der Waals surface area contributed by atoms with Crippen molar-refractivity contribution < 1.29 is 0 Å². The Morgan fingerprint density at radius 2 is 2.20 bits per heavy atom. The largest absolute Gasteiger partial charge is 0.389 e. The van der Waals surface area contributed by atoms with Crippen molar-refractivity contribution in [2.75, 3.05) is 5.32 Å². The molecule has 20 heavy (non-hydrogen) atoms. The summed E-state index contributed by atoms with van der Waals surface area (Å²) in [4.78, 5) is 4.81. The van der Waals surface area contributed by atoms with Gasteiger partial charge in [-0.05, 0) is 25.5 Å². The third-order valence-corrected chi connectivity index (χ3v) is 3.29. The molecule has 5 nitrogen and oxygen atoms in total. The molecule has 2 rings (SSSR count). The lowest BCUT2D eigenvalue weighted by Gasteiger charge is -2.10. The molecule has 0 saturated carbocycles. The summed E-state index contributed by atoms with van der Waals surface area (Å²) in [5.41, 5.74) is 9.67. The first kappa shape index (κ1) is 14.5. The maximum Gasteiger partial charge on any atom is 0.136 e. The zero-order valence-electron chi connectivity index (χ0n) is 12.0. The molecule has 0 atom stereocenters. The van der Waals surface area contributed by atoms with Gasteiger partial charge in [-0.1, -0.05) is 19.1 Å². The Bertz CT molecular complexity index is 632. The molecule has 0 radical (unpaired) electrons. The summed E-state index contributed by atoms with van der Waals surface area (Å²) in [6.45, 7) is 4.69. The van der Waals surface area contributed by atoms with Gasteiger partial charge in [0.15, 0.2) is 0 Å². The molecule has 0 amide bonds.